The van der Waals surface area contributed by atoms with Crippen LogP contribution >= 0.6 is 0 Å². The summed E-state index contributed by atoms with van der Waals surface area (Å²) in [5.74, 6) is -0.690. The Morgan fingerprint density at radius 1 is 1.23 bits per heavy atom. The molecule has 144 valence electrons. The lowest BCUT2D eigenvalue weighted by molar-refractivity contribution is -0.0936. The van der Waals surface area contributed by atoms with Crippen molar-refractivity contribution in [2.24, 2.45) is 11.7 Å². The Morgan fingerprint density at radius 2 is 2.00 bits per heavy atom. The van der Waals surface area contributed by atoms with Crippen LogP contribution in [-0.2, 0) is 14.8 Å². The normalized spacial score (nSPS) is 35.9. The van der Waals surface area contributed by atoms with Crippen LogP contribution in [0.5, 0.6) is 0 Å². The molecule has 0 bridgehead atoms. The highest BCUT2D eigenvalue weighted by molar-refractivity contribution is 7.88. The Balaban J connectivity index is 1.42. The van der Waals surface area contributed by atoms with Gasteiger partial charge in [0.25, 0.3) is 0 Å². The zero-order valence-corrected chi connectivity index (χ0v) is 15.3. The van der Waals surface area contributed by atoms with Gasteiger partial charge in [-0.15, -0.1) is 0 Å². The predicted octanol–water partition coefficient (Wildman–Crippen LogP) is 0.698. The van der Waals surface area contributed by atoms with Crippen molar-refractivity contribution >= 4 is 10.0 Å². The van der Waals surface area contributed by atoms with Gasteiger partial charge in [0.1, 0.15) is 17.7 Å². The minimum Gasteiger partial charge on any atom is -0.370 e. The Morgan fingerprint density at radius 3 is 2.69 bits per heavy atom. The van der Waals surface area contributed by atoms with Crippen molar-refractivity contribution in [2.75, 3.05) is 32.5 Å². The number of nitrogens with zero attached hydrogens (tertiary/aromatic N) is 2. The highest BCUT2D eigenvalue weighted by Gasteiger charge is 2.51. The number of rotatable bonds is 3. The number of fused-ring (bicyclic) bond motifs is 1. The topological polar surface area (TPSA) is 75.9 Å². The van der Waals surface area contributed by atoms with Crippen LogP contribution < -0.4 is 5.73 Å². The summed E-state index contributed by atoms with van der Waals surface area (Å²) in [6.07, 6.45) is 1.16. The van der Waals surface area contributed by atoms with Gasteiger partial charge in [-0.25, -0.2) is 21.5 Å². The number of nitrogens with two attached hydrogens (primary N) is 1. The van der Waals surface area contributed by atoms with Crippen molar-refractivity contribution < 1.29 is 21.9 Å². The summed E-state index contributed by atoms with van der Waals surface area (Å²) in [5.41, 5.74) is 6.38. The van der Waals surface area contributed by atoms with Crippen molar-refractivity contribution in [3.05, 3.63) is 35.4 Å². The lowest BCUT2D eigenvalue weighted by Crippen LogP contribution is -2.63. The number of hydrogen-bond acceptors (Lipinski definition) is 5. The lowest BCUT2D eigenvalue weighted by Gasteiger charge is -2.51. The van der Waals surface area contributed by atoms with Crippen LogP contribution in [0.1, 0.15) is 18.1 Å². The quantitative estimate of drug-likeness (QED) is 0.826. The zero-order valence-electron chi connectivity index (χ0n) is 14.5. The van der Waals surface area contributed by atoms with E-state index < -0.39 is 33.8 Å². The number of halogens is 2. The lowest BCUT2D eigenvalue weighted by atomic mass is 9.86. The van der Waals surface area contributed by atoms with Crippen LogP contribution in [0.25, 0.3) is 0 Å². The maximum Gasteiger partial charge on any atom is 0.211 e. The van der Waals surface area contributed by atoms with E-state index in [2.05, 4.69) is 4.90 Å². The van der Waals surface area contributed by atoms with E-state index in [0.29, 0.717) is 32.0 Å². The molecule has 0 aliphatic carbocycles. The largest absolute Gasteiger partial charge is 0.370 e. The van der Waals surface area contributed by atoms with Gasteiger partial charge in [-0.3, -0.25) is 4.90 Å². The Bertz CT molecular complexity index is 806. The van der Waals surface area contributed by atoms with Gasteiger partial charge in [0.2, 0.25) is 10.0 Å². The summed E-state index contributed by atoms with van der Waals surface area (Å²) in [4.78, 5) is 2.24. The van der Waals surface area contributed by atoms with Gasteiger partial charge >= 0.3 is 0 Å². The van der Waals surface area contributed by atoms with Gasteiger partial charge < -0.3 is 10.5 Å². The first-order valence-electron chi connectivity index (χ1n) is 8.77. The molecule has 0 amide bonds. The van der Waals surface area contributed by atoms with Crippen LogP contribution in [-0.4, -0.2) is 68.2 Å². The van der Waals surface area contributed by atoms with Crippen LogP contribution in [0.3, 0.4) is 0 Å². The van der Waals surface area contributed by atoms with Crippen LogP contribution in [0.2, 0.25) is 0 Å². The first-order chi connectivity index (χ1) is 12.2. The summed E-state index contributed by atoms with van der Waals surface area (Å²) in [7, 11) is -3.17. The predicted molar refractivity (Wildman–Crippen MR) is 91.8 cm³/mol. The van der Waals surface area contributed by atoms with Gasteiger partial charge in [-0.1, -0.05) is 0 Å². The number of benzene rings is 1. The Labute approximate surface area is 151 Å². The third kappa shape index (κ3) is 3.16. The highest BCUT2D eigenvalue weighted by Crippen LogP contribution is 2.39. The van der Waals surface area contributed by atoms with Crippen molar-refractivity contribution in [1.29, 1.82) is 0 Å². The fourth-order valence-electron chi connectivity index (χ4n) is 4.46. The minimum absolute atomic E-state index is 0.0682. The summed E-state index contributed by atoms with van der Waals surface area (Å²) in [6.45, 7) is 2.25. The molecule has 2 N–H and O–H groups in total. The molecule has 1 aromatic rings. The minimum atomic E-state index is -3.17. The maximum absolute atomic E-state index is 14.0. The molecule has 6 nitrogen and oxygen atoms in total. The number of hydrogen-bond donors (Lipinski definition) is 1. The van der Waals surface area contributed by atoms with E-state index in [4.69, 9.17) is 10.5 Å². The first-order valence-corrected chi connectivity index (χ1v) is 10.6. The van der Waals surface area contributed by atoms with Gasteiger partial charge in [0, 0.05) is 49.2 Å². The van der Waals surface area contributed by atoms with Crippen LogP contribution in [0.15, 0.2) is 18.2 Å². The second-order valence-electron chi connectivity index (χ2n) is 7.58. The molecular formula is C17H23F2N3O3S. The zero-order chi connectivity index (χ0) is 18.6. The number of likely N-dealkylation sites (tertiary alicyclic amines) is 1. The van der Waals surface area contributed by atoms with E-state index in [-0.39, 0.29) is 17.6 Å². The second-order valence-corrected chi connectivity index (χ2v) is 9.56. The Kier molecular flexibility index (Phi) is 4.55. The molecule has 0 radical (unpaired) electrons. The molecule has 3 heterocycles. The summed E-state index contributed by atoms with van der Waals surface area (Å²) in [6, 6.07) is 3.11. The molecule has 5 atom stereocenters. The Hall–Kier alpha value is -1.13. The fourth-order valence-corrected chi connectivity index (χ4v) is 5.34. The van der Waals surface area contributed by atoms with Crippen LogP contribution in [0, 0.1) is 17.6 Å². The smallest absolute Gasteiger partial charge is 0.211 e. The van der Waals surface area contributed by atoms with E-state index >= 15 is 0 Å². The highest BCUT2D eigenvalue weighted by atomic mass is 32.2. The molecule has 0 aromatic heterocycles. The molecule has 3 aliphatic rings. The molecule has 0 spiro atoms. The molecule has 0 saturated carbocycles. The molecule has 0 unspecified atom stereocenters. The third-order valence-electron chi connectivity index (χ3n) is 5.85. The van der Waals surface area contributed by atoms with E-state index in [1.165, 1.54) is 10.6 Å². The average Bonchev–Trinajstić information content (AvgIpc) is 2.88. The van der Waals surface area contributed by atoms with Crippen LogP contribution in [0.4, 0.5) is 8.78 Å². The molecule has 1 aromatic carbocycles. The molecular weight excluding hydrogens is 364 g/mol. The molecule has 26 heavy (non-hydrogen) atoms. The molecule has 3 aliphatic heterocycles. The van der Waals surface area contributed by atoms with Crippen molar-refractivity contribution in [3.63, 3.8) is 0 Å². The van der Waals surface area contributed by atoms with Crippen molar-refractivity contribution in [3.8, 4) is 0 Å². The molecule has 3 fully saturated rings. The molecule has 4 rings (SSSR count). The molecule has 9 heteroatoms. The monoisotopic (exact) mass is 387 g/mol. The van der Waals surface area contributed by atoms with E-state index in [1.54, 1.807) is 0 Å². The van der Waals surface area contributed by atoms with E-state index in [0.717, 1.165) is 24.7 Å². The average molecular weight is 387 g/mol. The summed E-state index contributed by atoms with van der Waals surface area (Å²) >= 11 is 0. The van der Waals surface area contributed by atoms with Gasteiger partial charge in [-0.2, -0.15) is 0 Å². The number of ether oxygens (including phenoxy) is 1. The third-order valence-corrected chi connectivity index (χ3v) is 7.08. The molecule has 3 saturated heterocycles. The first kappa shape index (κ1) is 18.2. The second kappa shape index (κ2) is 6.49. The summed E-state index contributed by atoms with van der Waals surface area (Å²) in [5, 5.41) is 0. The van der Waals surface area contributed by atoms with Gasteiger partial charge in [0.05, 0.1) is 12.9 Å². The van der Waals surface area contributed by atoms with Crippen molar-refractivity contribution in [1.82, 2.24) is 9.21 Å². The van der Waals surface area contributed by atoms with E-state index in [1.807, 2.05) is 0 Å². The maximum atomic E-state index is 14.0. The fraction of sp³-hybridized carbons (Fsp3) is 0.647. The van der Waals surface area contributed by atoms with Crippen molar-refractivity contribution in [2.45, 2.75) is 30.7 Å². The number of sulfonamides is 1. The van der Waals surface area contributed by atoms with E-state index in [9.17, 15) is 17.2 Å². The van der Waals surface area contributed by atoms with Gasteiger partial charge in [0.15, 0.2) is 0 Å². The standard InChI is InChI=1S/C17H23F2N3O3S/c1-26(23,24)21-6-10-7-22(16(10)8-21)12-5-15(20)17(25-9-12)13-4-11(18)2-3-14(13)19/h2-4,10,12,15-17H,5-9,20H2,1H3/t10-,12+,15-,16-,17+/m0/s1. The SMILES string of the molecule is CS(=O)(=O)N1C[C@H]2CN([C@H]3CO[C@H](c4cc(F)ccc4F)[C@@H](N)C3)[C@H]2C1. The van der Waals surface area contributed by atoms with Gasteiger partial charge in [-0.05, 0) is 24.6 Å². The summed E-state index contributed by atoms with van der Waals surface area (Å²) < 4.78 is 58.3.